The second-order valence-electron chi connectivity index (χ2n) is 10.1. The fourth-order valence-corrected chi connectivity index (χ4v) is 6.74. The van der Waals surface area contributed by atoms with Crippen molar-refractivity contribution in [3.8, 4) is 0 Å². The average molecular weight is 418 g/mol. The maximum absolute atomic E-state index is 12.1. The van der Waals surface area contributed by atoms with Crippen molar-refractivity contribution in [2.75, 3.05) is 24.6 Å². The zero-order valence-electron chi connectivity index (χ0n) is 16.8. The number of nitrogens with zero attached hydrogens (tertiary/aromatic N) is 3. The van der Waals surface area contributed by atoms with E-state index in [-0.39, 0.29) is 0 Å². The first-order valence-electron chi connectivity index (χ1n) is 10.2. The maximum Gasteiger partial charge on any atom is 0.435 e. The summed E-state index contributed by atoms with van der Waals surface area (Å²) in [6.07, 6.45) is 2.79. The molecule has 4 aliphatic rings. The summed E-state index contributed by atoms with van der Waals surface area (Å²) in [4.78, 5) is 2.72. The van der Waals surface area contributed by atoms with Crippen molar-refractivity contribution in [1.82, 2.24) is 14.7 Å². The molecule has 5 rings (SSSR count). The monoisotopic (exact) mass is 417 g/mol. The Bertz CT molecular complexity index is 708. The topological polar surface area (TPSA) is 38.1 Å². The number of likely N-dealkylation sites (tertiary alicyclic amines) is 1. The standard InChI is InChI=1S/C12H19NOS.C8H11F3N2/c14-15-7-12(8-15)1-2-13(6-12)11-4-9-3-10(9)5-11;1-7(2,3)13-5-4-6(12-13)8(9,10)11/h9-11H,1-8H2;4-5H,1-3H3. The third-order valence-electron chi connectivity index (χ3n) is 6.70. The Labute approximate surface area is 167 Å². The number of hydrogen-bond donors (Lipinski definition) is 0. The minimum atomic E-state index is -4.35. The van der Waals surface area contributed by atoms with Crippen molar-refractivity contribution in [3.05, 3.63) is 18.0 Å². The van der Waals surface area contributed by atoms with Crippen LogP contribution in [0.15, 0.2) is 12.3 Å². The van der Waals surface area contributed by atoms with Crippen LogP contribution >= 0.6 is 0 Å². The summed E-state index contributed by atoms with van der Waals surface area (Å²) < 4.78 is 48.9. The second kappa shape index (κ2) is 6.83. The molecule has 8 heteroatoms. The van der Waals surface area contributed by atoms with Crippen molar-refractivity contribution in [2.24, 2.45) is 17.3 Å². The third-order valence-corrected chi connectivity index (χ3v) is 8.57. The lowest BCUT2D eigenvalue weighted by Gasteiger charge is -2.38. The number of fused-ring (bicyclic) bond motifs is 1. The molecule has 4 nitrogen and oxygen atoms in total. The van der Waals surface area contributed by atoms with E-state index >= 15 is 0 Å². The van der Waals surface area contributed by atoms with Gasteiger partial charge in [0.1, 0.15) is 0 Å². The van der Waals surface area contributed by atoms with E-state index in [0.29, 0.717) is 5.41 Å². The number of alkyl halides is 3. The largest absolute Gasteiger partial charge is 0.435 e. The molecule has 1 spiro atoms. The molecule has 0 amide bonds. The van der Waals surface area contributed by atoms with Gasteiger partial charge in [-0.05, 0) is 70.9 Å². The van der Waals surface area contributed by atoms with Gasteiger partial charge in [0, 0.05) is 46.5 Å². The summed E-state index contributed by atoms with van der Waals surface area (Å²) in [5.41, 5.74) is -0.761. The zero-order chi connectivity index (χ0) is 20.3. The predicted molar refractivity (Wildman–Crippen MR) is 103 cm³/mol. The molecule has 2 saturated heterocycles. The molecule has 1 aromatic heterocycles. The van der Waals surface area contributed by atoms with Crippen LogP contribution in [0.3, 0.4) is 0 Å². The SMILES string of the molecule is CC(C)(C)n1ccc(C(F)(F)F)n1.O=S1CC2(CCN(C3CC4CC4C3)C2)C1. The quantitative estimate of drug-likeness (QED) is 0.696. The van der Waals surface area contributed by atoms with E-state index in [0.717, 1.165) is 35.4 Å². The molecular formula is C20H30F3N3OS. The molecule has 2 aliphatic carbocycles. The van der Waals surface area contributed by atoms with Gasteiger partial charge in [-0.25, -0.2) is 0 Å². The Morgan fingerprint density at radius 2 is 1.79 bits per heavy atom. The van der Waals surface area contributed by atoms with Crippen LogP contribution in [-0.2, 0) is 22.5 Å². The first-order chi connectivity index (χ1) is 13.0. The van der Waals surface area contributed by atoms with Crippen LogP contribution in [0, 0.1) is 17.3 Å². The van der Waals surface area contributed by atoms with E-state index in [1.54, 1.807) is 20.8 Å². The van der Waals surface area contributed by atoms with Gasteiger partial charge in [-0.15, -0.1) is 0 Å². The molecule has 0 N–H and O–H groups in total. The van der Waals surface area contributed by atoms with Crippen LogP contribution < -0.4 is 0 Å². The average Bonchev–Trinajstić information content (AvgIpc) is 3.03. The highest BCUT2D eigenvalue weighted by atomic mass is 32.2. The molecule has 3 heterocycles. The first-order valence-corrected chi connectivity index (χ1v) is 11.7. The van der Waals surface area contributed by atoms with Gasteiger partial charge in [0.25, 0.3) is 0 Å². The second-order valence-corrected chi connectivity index (χ2v) is 11.6. The number of hydrogen-bond acceptors (Lipinski definition) is 3. The van der Waals surface area contributed by atoms with Crippen LogP contribution in [0.4, 0.5) is 13.2 Å². The summed E-state index contributed by atoms with van der Waals surface area (Å²) in [7, 11) is -0.462. The van der Waals surface area contributed by atoms with Gasteiger partial charge >= 0.3 is 6.18 Å². The minimum Gasteiger partial charge on any atom is -0.300 e. The molecule has 158 valence electrons. The van der Waals surface area contributed by atoms with E-state index in [1.807, 2.05) is 0 Å². The summed E-state index contributed by atoms with van der Waals surface area (Å²) in [6, 6.07) is 1.88. The maximum atomic E-state index is 12.1. The van der Waals surface area contributed by atoms with E-state index in [1.165, 1.54) is 49.7 Å². The van der Waals surface area contributed by atoms with E-state index in [2.05, 4.69) is 10.00 Å². The summed E-state index contributed by atoms with van der Waals surface area (Å²) >= 11 is 0. The van der Waals surface area contributed by atoms with Gasteiger partial charge in [0.15, 0.2) is 5.69 Å². The predicted octanol–water partition coefficient (Wildman–Crippen LogP) is 3.90. The van der Waals surface area contributed by atoms with Crippen LogP contribution in [0.1, 0.15) is 52.1 Å². The molecular weight excluding hydrogens is 387 g/mol. The van der Waals surface area contributed by atoms with Crippen molar-refractivity contribution < 1.29 is 17.4 Å². The lowest BCUT2D eigenvalue weighted by atomic mass is 9.91. The van der Waals surface area contributed by atoms with Gasteiger partial charge in [-0.2, -0.15) is 18.3 Å². The fraction of sp³-hybridized carbons (Fsp3) is 0.850. The lowest BCUT2D eigenvalue weighted by molar-refractivity contribution is -0.141. The van der Waals surface area contributed by atoms with E-state index < -0.39 is 28.2 Å². The molecule has 2 saturated carbocycles. The van der Waals surface area contributed by atoms with Crippen molar-refractivity contribution in [3.63, 3.8) is 0 Å². The van der Waals surface area contributed by atoms with Gasteiger partial charge in [0.05, 0.1) is 5.54 Å². The third kappa shape index (κ3) is 4.18. The van der Waals surface area contributed by atoms with Crippen molar-refractivity contribution in [1.29, 1.82) is 0 Å². The van der Waals surface area contributed by atoms with E-state index in [9.17, 15) is 17.4 Å². The minimum absolute atomic E-state index is 0.413. The molecule has 0 aromatic carbocycles. The summed E-state index contributed by atoms with van der Waals surface area (Å²) in [5.74, 6) is 4.20. The lowest BCUT2D eigenvalue weighted by Crippen LogP contribution is -2.47. The van der Waals surface area contributed by atoms with Gasteiger partial charge < -0.3 is 0 Å². The van der Waals surface area contributed by atoms with Gasteiger partial charge in [0.2, 0.25) is 0 Å². The van der Waals surface area contributed by atoms with Crippen LogP contribution in [-0.4, -0.2) is 49.5 Å². The Kier molecular flexibility index (Phi) is 4.97. The summed E-state index contributed by atoms with van der Waals surface area (Å²) in [6.45, 7) is 7.94. The number of halogens is 3. The smallest absolute Gasteiger partial charge is 0.300 e. The molecule has 1 aromatic rings. The molecule has 0 radical (unpaired) electrons. The Balaban J connectivity index is 0.000000140. The number of aromatic nitrogens is 2. The Hall–Kier alpha value is -0.890. The molecule has 2 aliphatic heterocycles. The van der Waals surface area contributed by atoms with Crippen LogP contribution in [0.2, 0.25) is 0 Å². The highest BCUT2D eigenvalue weighted by Crippen LogP contribution is 2.54. The zero-order valence-corrected chi connectivity index (χ0v) is 17.7. The van der Waals surface area contributed by atoms with Crippen LogP contribution in [0.25, 0.3) is 0 Å². The molecule has 4 fully saturated rings. The first kappa shape index (κ1) is 20.4. The van der Waals surface area contributed by atoms with E-state index in [4.69, 9.17) is 0 Å². The molecule has 2 atom stereocenters. The molecule has 0 bridgehead atoms. The highest BCUT2D eigenvalue weighted by Gasteiger charge is 2.53. The normalized spacial score (nSPS) is 37.4. The molecule has 2 unspecified atom stereocenters. The van der Waals surface area contributed by atoms with Gasteiger partial charge in [-0.3, -0.25) is 13.8 Å². The fourth-order valence-electron chi connectivity index (χ4n) is 4.99. The number of rotatable bonds is 1. The Morgan fingerprint density at radius 1 is 1.14 bits per heavy atom. The Morgan fingerprint density at radius 3 is 2.25 bits per heavy atom. The summed E-state index contributed by atoms with van der Waals surface area (Å²) in [5, 5.41) is 3.44. The van der Waals surface area contributed by atoms with Gasteiger partial charge in [-0.1, -0.05) is 0 Å². The highest BCUT2D eigenvalue weighted by molar-refractivity contribution is 7.86. The molecule has 28 heavy (non-hydrogen) atoms. The van der Waals surface area contributed by atoms with Crippen molar-refractivity contribution >= 4 is 10.8 Å². The van der Waals surface area contributed by atoms with Crippen LogP contribution in [0.5, 0.6) is 0 Å². The van der Waals surface area contributed by atoms with Crippen molar-refractivity contribution in [2.45, 2.75) is 64.2 Å².